The smallest absolute Gasteiger partial charge is 0.245 e. The number of benzene rings is 2. The highest BCUT2D eigenvalue weighted by molar-refractivity contribution is 5.95. The molecule has 15 heteroatoms. The molecule has 0 saturated heterocycles. The van der Waals surface area contributed by atoms with Crippen LogP contribution < -0.4 is 33.6 Å². The van der Waals surface area contributed by atoms with E-state index in [2.05, 4.69) is 30.6 Å². The Bertz CT molecular complexity index is 1650. The third kappa shape index (κ3) is 9.72. The monoisotopic (exact) mass is 657 g/mol. The van der Waals surface area contributed by atoms with Gasteiger partial charge in [-0.15, -0.1) is 0 Å². The van der Waals surface area contributed by atoms with E-state index < -0.39 is 47.8 Å². The Morgan fingerprint density at radius 2 is 1.67 bits per heavy atom. The molecule has 254 valence electrons. The second-order valence-electron chi connectivity index (χ2n) is 11.7. The lowest BCUT2D eigenvalue weighted by molar-refractivity contribution is -0.141. The van der Waals surface area contributed by atoms with Crippen molar-refractivity contribution in [3.8, 4) is 0 Å². The molecule has 1 aliphatic rings. The van der Waals surface area contributed by atoms with Gasteiger partial charge in [-0.25, -0.2) is 4.99 Å². The Labute approximate surface area is 278 Å². The molecule has 0 aliphatic carbocycles. The minimum atomic E-state index is -1.10. The van der Waals surface area contributed by atoms with Crippen molar-refractivity contribution < 1.29 is 19.2 Å². The second-order valence-corrected chi connectivity index (χ2v) is 11.7. The molecule has 0 bridgehead atoms. The fraction of sp³-hybridized carbons (Fsp3) is 0.364. The van der Waals surface area contributed by atoms with E-state index in [1.807, 2.05) is 54.6 Å². The summed E-state index contributed by atoms with van der Waals surface area (Å²) >= 11 is 0. The van der Waals surface area contributed by atoms with Crippen LogP contribution in [0.15, 0.2) is 75.8 Å². The van der Waals surface area contributed by atoms with Crippen LogP contribution >= 0.6 is 0 Å². The highest BCUT2D eigenvalue weighted by Gasteiger charge is 2.34. The van der Waals surface area contributed by atoms with Crippen LogP contribution in [0.25, 0.3) is 10.9 Å². The molecule has 15 nitrogen and oxygen atoms in total. The zero-order valence-corrected chi connectivity index (χ0v) is 26.8. The number of likely N-dealkylation sites (N-methyl/N-ethyl adjacent to an activating group) is 1. The van der Waals surface area contributed by atoms with Crippen molar-refractivity contribution in [3.63, 3.8) is 0 Å². The first-order valence-corrected chi connectivity index (χ1v) is 15.6. The Kier molecular flexibility index (Phi) is 12.4. The summed E-state index contributed by atoms with van der Waals surface area (Å²) < 4.78 is 0. The molecule has 1 aliphatic heterocycles. The van der Waals surface area contributed by atoms with Crippen molar-refractivity contribution in [1.82, 2.24) is 20.5 Å². The second kappa shape index (κ2) is 16.8. The van der Waals surface area contributed by atoms with Crippen molar-refractivity contribution in [2.24, 2.45) is 37.9 Å². The Balaban J connectivity index is 1.54. The normalized spacial score (nSPS) is 16.1. The summed E-state index contributed by atoms with van der Waals surface area (Å²) in [6.45, 7) is 0.201. The number of rotatable bonds is 17. The number of fused-ring (bicyclic) bond motifs is 1. The number of aliphatic imine (C=N–C) groups is 3. The molecule has 3 aromatic rings. The number of primary amides is 1. The molecule has 0 spiro atoms. The van der Waals surface area contributed by atoms with E-state index in [1.54, 1.807) is 12.4 Å². The molecule has 0 saturated carbocycles. The quantitative estimate of drug-likeness (QED) is 0.0568. The van der Waals surface area contributed by atoms with E-state index in [9.17, 15) is 19.2 Å². The summed E-state index contributed by atoms with van der Waals surface area (Å²) in [6, 6.07) is 12.2. The van der Waals surface area contributed by atoms with Crippen LogP contribution in [0.1, 0.15) is 30.4 Å². The fourth-order valence-electron chi connectivity index (χ4n) is 5.50. The largest absolute Gasteiger partial charge is 0.370 e. The van der Waals surface area contributed by atoms with Crippen LogP contribution in [0.3, 0.4) is 0 Å². The lowest BCUT2D eigenvalue weighted by Gasteiger charge is -2.31. The summed E-state index contributed by atoms with van der Waals surface area (Å²) in [5.74, 6) is -2.52. The molecule has 11 N–H and O–H groups in total. The molecule has 48 heavy (non-hydrogen) atoms. The lowest BCUT2D eigenvalue weighted by Crippen LogP contribution is -2.58. The first-order chi connectivity index (χ1) is 23.0. The molecule has 1 aromatic heterocycles. The highest BCUT2D eigenvalue weighted by atomic mass is 16.2. The van der Waals surface area contributed by atoms with Gasteiger partial charge in [-0.05, 0) is 36.5 Å². The van der Waals surface area contributed by atoms with Crippen LogP contribution in [0.4, 0.5) is 0 Å². The lowest BCUT2D eigenvalue weighted by atomic mass is 10.0. The van der Waals surface area contributed by atoms with Gasteiger partial charge in [0.1, 0.15) is 24.5 Å². The molecule has 1 unspecified atom stereocenters. The predicted molar refractivity (Wildman–Crippen MR) is 185 cm³/mol. The van der Waals surface area contributed by atoms with Crippen LogP contribution in [0, 0.1) is 0 Å². The number of carbonyl (C=O) groups excluding carboxylic acids is 4. The number of nitrogens with one attached hydrogen (secondary N) is 3. The standard InChI is InChI=1S/C33H43N11O4/c1-44(28(29(35)45)15-21-17-40-25-11-6-5-10-23(21)25)32(48)26(12-7-13-39-33(36)37)42-31(47)27(14-20-8-3-2-4-9-20)43-30(46)24(34)16-22-18-38-19-41-22/h2-6,8-11,17-19,22,24,26-28,40H,7,12-16,34H2,1H3,(H2,35,45)(H,42,47)(H,43,46)(H4,36,37,39)/t22?,24-,26-,27+,28-/m0/s1. The first-order valence-electron chi connectivity index (χ1n) is 15.6. The number of carbonyl (C=O) groups is 4. The van der Waals surface area contributed by atoms with Crippen molar-refractivity contribution >= 4 is 53.0 Å². The molecule has 0 radical (unpaired) electrons. The molecule has 2 aromatic carbocycles. The van der Waals surface area contributed by atoms with E-state index in [4.69, 9.17) is 22.9 Å². The molecular weight excluding hydrogens is 614 g/mol. The zero-order chi connectivity index (χ0) is 34.6. The maximum atomic E-state index is 14.0. The minimum absolute atomic E-state index is 0.108. The summed E-state index contributed by atoms with van der Waals surface area (Å²) in [7, 11) is 1.47. The third-order valence-electron chi connectivity index (χ3n) is 8.12. The summed E-state index contributed by atoms with van der Waals surface area (Å²) in [5, 5.41) is 6.46. The number of amides is 4. The number of hydrogen-bond donors (Lipinski definition) is 7. The molecule has 4 amide bonds. The van der Waals surface area contributed by atoms with Gasteiger partial charge < -0.3 is 43.5 Å². The Morgan fingerprint density at radius 1 is 0.958 bits per heavy atom. The van der Waals surface area contributed by atoms with Crippen molar-refractivity contribution in [3.05, 3.63) is 71.9 Å². The van der Waals surface area contributed by atoms with Crippen LogP contribution in [0.5, 0.6) is 0 Å². The summed E-state index contributed by atoms with van der Waals surface area (Å²) in [5.41, 5.74) is 25.4. The molecule has 5 atom stereocenters. The Morgan fingerprint density at radius 3 is 2.35 bits per heavy atom. The number of aromatic amines is 1. The van der Waals surface area contributed by atoms with Gasteiger partial charge in [-0.2, -0.15) is 0 Å². The van der Waals surface area contributed by atoms with E-state index in [-0.39, 0.29) is 44.2 Å². The number of para-hydroxylation sites is 1. The average molecular weight is 658 g/mol. The van der Waals surface area contributed by atoms with E-state index in [0.717, 1.165) is 22.0 Å². The third-order valence-corrected chi connectivity index (χ3v) is 8.12. The number of nitrogens with zero attached hydrogens (tertiary/aromatic N) is 4. The van der Waals surface area contributed by atoms with Gasteiger partial charge in [-0.3, -0.25) is 29.2 Å². The topological polar surface area (TPSA) is 253 Å². The van der Waals surface area contributed by atoms with Gasteiger partial charge >= 0.3 is 0 Å². The van der Waals surface area contributed by atoms with E-state index in [1.165, 1.54) is 18.3 Å². The SMILES string of the molecule is CN(C(=O)[C@H](CCCN=C(N)N)NC(=O)[C@@H](Cc1ccccc1)NC(=O)[C@@H](N)CC1C=NC=N1)[C@@H](Cc1c[nH]c2ccccc12)C(N)=O. The van der Waals surface area contributed by atoms with E-state index in [0.29, 0.717) is 6.42 Å². The van der Waals surface area contributed by atoms with Crippen molar-refractivity contribution in [2.45, 2.75) is 62.3 Å². The number of nitrogens with two attached hydrogens (primary N) is 4. The maximum Gasteiger partial charge on any atom is 0.245 e. The predicted octanol–water partition coefficient (Wildman–Crippen LogP) is -0.513. The minimum Gasteiger partial charge on any atom is -0.370 e. The number of H-pyrrole nitrogens is 1. The van der Waals surface area contributed by atoms with E-state index >= 15 is 0 Å². The van der Waals surface area contributed by atoms with Gasteiger partial charge in [0.05, 0.1) is 12.1 Å². The fourth-order valence-corrected chi connectivity index (χ4v) is 5.50. The van der Waals surface area contributed by atoms with Crippen LogP contribution in [-0.4, -0.2) is 95.8 Å². The average Bonchev–Trinajstić information content (AvgIpc) is 3.74. The zero-order valence-electron chi connectivity index (χ0n) is 26.8. The summed E-state index contributed by atoms with van der Waals surface area (Å²) in [6.07, 6.45) is 5.71. The van der Waals surface area contributed by atoms with Crippen molar-refractivity contribution in [2.75, 3.05) is 13.6 Å². The van der Waals surface area contributed by atoms with Gasteiger partial charge in [0, 0.05) is 49.7 Å². The van der Waals surface area contributed by atoms with Crippen LogP contribution in [-0.2, 0) is 32.0 Å². The van der Waals surface area contributed by atoms with Gasteiger partial charge in [0.25, 0.3) is 0 Å². The molecule has 0 fully saturated rings. The summed E-state index contributed by atoms with van der Waals surface area (Å²) in [4.78, 5) is 70.3. The van der Waals surface area contributed by atoms with Gasteiger partial charge in [-0.1, -0.05) is 48.5 Å². The maximum absolute atomic E-state index is 14.0. The Hall–Kier alpha value is -5.57. The number of hydrogen-bond acceptors (Lipinski definition) is 8. The van der Waals surface area contributed by atoms with Gasteiger partial charge in [0.15, 0.2) is 5.96 Å². The molecule has 4 rings (SSSR count). The van der Waals surface area contributed by atoms with Crippen molar-refractivity contribution in [1.29, 1.82) is 0 Å². The van der Waals surface area contributed by atoms with Gasteiger partial charge in [0.2, 0.25) is 23.6 Å². The van der Waals surface area contributed by atoms with Crippen LogP contribution in [0.2, 0.25) is 0 Å². The first kappa shape index (κ1) is 35.3. The number of aromatic nitrogens is 1. The highest BCUT2D eigenvalue weighted by Crippen LogP contribution is 2.21. The molecular formula is C33H43N11O4. The number of guanidine groups is 1. The molecule has 2 heterocycles.